The molecule has 0 saturated carbocycles. The molecular formula is C16H16N2OS2. The van der Waals surface area contributed by atoms with Crippen LogP contribution < -0.4 is 10.6 Å². The van der Waals surface area contributed by atoms with Crippen LogP contribution in [0.2, 0.25) is 0 Å². The molecule has 0 bridgehead atoms. The van der Waals surface area contributed by atoms with Gasteiger partial charge in [0, 0.05) is 16.6 Å². The molecule has 21 heavy (non-hydrogen) atoms. The van der Waals surface area contributed by atoms with Crippen molar-refractivity contribution in [3.8, 4) is 0 Å². The van der Waals surface area contributed by atoms with E-state index >= 15 is 0 Å². The van der Waals surface area contributed by atoms with Crippen molar-refractivity contribution in [2.45, 2.75) is 13.8 Å². The zero-order chi connectivity index (χ0) is 15.2. The number of benzene rings is 1. The molecule has 3 nitrogen and oxygen atoms in total. The summed E-state index contributed by atoms with van der Waals surface area (Å²) in [6.07, 6.45) is 3.24. The van der Waals surface area contributed by atoms with E-state index in [1.165, 1.54) is 6.08 Å². The number of rotatable bonds is 3. The molecule has 1 amide bonds. The minimum Gasteiger partial charge on any atom is -0.332 e. The van der Waals surface area contributed by atoms with Gasteiger partial charge in [0.15, 0.2) is 5.11 Å². The summed E-state index contributed by atoms with van der Waals surface area (Å²) in [6, 6.07) is 9.93. The maximum atomic E-state index is 11.8. The van der Waals surface area contributed by atoms with E-state index in [4.69, 9.17) is 12.2 Å². The van der Waals surface area contributed by atoms with Crippen LogP contribution in [0.1, 0.15) is 16.0 Å². The molecule has 1 aromatic heterocycles. The molecule has 0 aliphatic heterocycles. The molecule has 5 heteroatoms. The van der Waals surface area contributed by atoms with Gasteiger partial charge in [0.25, 0.3) is 0 Å². The third-order valence-electron chi connectivity index (χ3n) is 2.82. The molecule has 0 atom stereocenters. The van der Waals surface area contributed by atoms with E-state index in [-0.39, 0.29) is 5.91 Å². The molecular weight excluding hydrogens is 300 g/mol. The number of anilines is 1. The normalized spacial score (nSPS) is 10.6. The lowest BCUT2D eigenvalue weighted by molar-refractivity contribution is -0.115. The van der Waals surface area contributed by atoms with Crippen LogP contribution in [0.3, 0.4) is 0 Å². The molecule has 2 N–H and O–H groups in total. The summed E-state index contributed by atoms with van der Waals surface area (Å²) in [6.45, 7) is 4.00. The smallest absolute Gasteiger partial charge is 0.250 e. The number of thiophene rings is 1. The second kappa shape index (κ2) is 7.15. The Morgan fingerprint density at radius 1 is 1.29 bits per heavy atom. The van der Waals surface area contributed by atoms with Crippen molar-refractivity contribution >= 4 is 46.3 Å². The van der Waals surface area contributed by atoms with E-state index in [9.17, 15) is 4.79 Å². The zero-order valence-electron chi connectivity index (χ0n) is 11.8. The van der Waals surface area contributed by atoms with Crippen molar-refractivity contribution in [2.24, 2.45) is 0 Å². The van der Waals surface area contributed by atoms with Crippen LogP contribution in [-0.4, -0.2) is 11.0 Å². The van der Waals surface area contributed by atoms with E-state index in [0.717, 1.165) is 21.7 Å². The maximum absolute atomic E-state index is 11.8. The van der Waals surface area contributed by atoms with Crippen molar-refractivity contribution in [2.75, 3.05) is 5.32 Å². The van der Waals surface area contributed by atoms with Crippen molar-refractivity contribution in [1.29, 1.82) is 0 Å². The zero-order valence-corrected chi connectivity index (χ0v) is 13.5. The van der Waals surface area contributed by atoms with E-state index < -0.39 is 0 Å². The van der Waals surface area contributed by atoms with Crippen LogP contribution in [0.25, 0.3) is 6.08 Å². The Hall–Kier alpha value is -1.98. The number of hydrogen-bond donors (Lipinski definition) is 2. The molecule has 0 aliphatic rings. The Morgan fingerprint density at radius 2 is 2.10 bits per heavy atom. The number of carbonyl (C=O) groups excluding carboxylic acids is 1. The monoisotopic (exact) mass is 316 g/mol. The van der Waals surface area contributed by atoms with Gasteiger partial charge in [-0.1, -0.05) is 18.2 Å². The molecule has 0 aliphatic carbocycles. The number of amides is 1. The fourth-order valence-corrected chi connectivity index (χ4v) is 2.55. The van der Waals surface area contributed by atoms with E-state index in [1.807, 2.05) is 49.6 Å². The van der Waals surface area contributed by atoms with Crippen LogP contribution in [0.4, 0.5) is 5.69 Å². The molecule has 108 valence electrons. The van der Waals surface area contributed by atoms with Crippen LogP contribution in [0.15, 0.2) is 41.8 Å². The van der Waals surface area contributed by atoms with Gasteiger partial charge in [-0.15, -0.1) is 11.3 Å². The summed E-state index contributed by atoms with van der Waals surface area (Å²) in [4.78, 5) is 12.8. The van der Waals surface area contributed by atoms with Crippen LogP contribution in [-0.2, 0) is 4.79 Å². The quantitative estimate of drug-likeness (QED) is 0.667. The Morgan fingerprint density at radius 3 is 2.81 bits per heavy atom. The summed E-state index contributed by atoms with van der Waals surface area (Å²) < 4.78 is 0. The summed E-state index contributed by atoms with van der Waals surface area (Å²) in [5.41, 5.74) is 3.11. The second-order valence-corrected chi connectivity index (χ2v) is 6.00. The highest BCUT2D eigenvalue weighted by Crippen LogP contribution is 2.16. The lowest BCUT2D eigenvalue weighted by Gasteiger charge is -2.11. The Bertz CT molecular complexity index is 676. The fourth-order valence-electron chi connectivity index (χ4n) is 1.72. The number of thiocarbonyl (C=S) groups is 1. The standard InChI is InChI=1S/C16H16N2OS2/c1-11-5-6-12(2)14(10-11)17-16(20)18-15(19)8-7-13-4-3-9-21-13/h3-10H,1-2H3,(H2,17,18,19,20)/b8-7+. The van der Waals surface area contributed by atoms with Crippen LogP contribution in [0.5, 0.6) is 0 Å². The van der Waals surface area contributed by atoms with Gasteiger partial charge < -0.3 is 5.32 Å². The number of hydrogen-bond acceptors (Lipinski definition) is 3. The third-order valence-corrected chi connectivity index (χ3v) is 3.86. The van der Waals surface area contributed by atoms with Crippen LogP contribution >= 0.6 is 23.6 Å². The molecule has 0 saturated heterocycles. The Kier molecular flexibility index (Phi) is 5.25. The predicted octanol–water partition coefficient (Wildman–Crippen LogP) is 3.89. The first-order chi connectivity index (χ1) is 10.0. The molecule has 2 rings (SSSR count). The molecule has 0 radical (unpaired) electrons. The maximum Gasteiger partial charge on any atom is 0.250 e. The van der Waals surface area contributed by atoms with E-state index in [0.29, 0.717) is 5.11 Å². The summed E-state index contributed by atoms with van der Waals surface area (Å²) in [5, 5.41) is 7.94. The molecule has 1 aromatic carbocycles. The highest BCUT2D eigenvalue weighted by Gasteiger charge is 2.04. The van der Waals surface area contributed by atoms with E-state index in [2.05, 4.69) is 10.6 Å². The average Bonchev–Trinajstić information content (AvgIpc) is 2.94. The highest BCUT2D eigenvalue weighted by atomic mass is 32.1. The predicted molar refractivity (Wildman–Crippen MR) is 93.6 cm³/mol. The minimum atomic E-state index is -0.244. The van der Waals surface area contributed by atoms with Gasteiger partial charge in [-0.25, -0.2) is 0 Å². The third kappa shape index (κ3) is 4.81. The minimum absolute atomic E-state index is 0.244. The number of aryl methyl sites for hydroxylation is 2. The topological polar surface area (TPSA) is 41.1 Å². The number of nitrogens with one attached hydrogen (secondary N) is 2. The Labute approximate surface area is 133 Å². The van der Waals surface area contributed by atoms with Crippen molar-refractivity contribution in [3.05, 3.63) is 57.8 Å². The molecule has 0 spiro atoms. The SMILES string of the molecule is Cc1ccc(C)c(NC(=S)NC(=O)/C=C/c2cccs2)c1. The van der Waals surface area contributed by atoms with Gasteiger partial charge >= 0.3 is 0 Å². The largest absolute Gasteiger partial charge is 0.332 e. The first-order valence-electron chi connectivity index (χ1n) is 6.45. The molecule has 0 fully saturated rings. The van der Waals surface area contributed by atoms with Gasteiger partial charge in [0.05, 0.1) is 0 Å². The lowest BCUT2D eigenvalue weighted by atomic mass is 10.1. The van der Waals surface area contributed by atoms with Crippen molar-refractivity contribution in [1.82, 2.24) is 5.32 Å². The van der Waals surface area contributed by atoms with Crippen molar-refractivity contribution in [3.63, 3.8) is 0 Å². The summed E-state index contributed by atoms with van der Waals surface area (Å²) >= 11 is 6.73. The van der Waals surface area contributed by atoms with Crippen molar-refractivity contribution < 1.29 is 4.79 Å². The van der Waals surface area contributed by atoms with Crippen LogP contribution in [0, 0.1) is 13.8 Å². The number of carbonyl (C=O) groups is 1. The fraction of sp³-hybridized carbons (Fsp3) is 0.125. The van der Waals surface area contributed by atoms with Gasteiger partial charge in [0.1, 0.15) is 0 Å². The Balaban J connectivity index is 1.92. The van der Waals surface area contributed by atoms with Gasteiger partial charge in [-0.3, -0.25) is 10.1 Å². The average molecular weight is 316 g/mol. The second-order valence-electron chi connectivity index (χ2n) is 4.61. The summed E-state index contributed by atoms with van der Waals surface area (Å²) in [5.74, 6) is -0.244. The summed E-state index contributed by atoms with van der Waals surface area (Å²) in [7, 11) is 0. The van der Waals surface area contributed by atoms with Gasteiger partial charge in [0.2, 0.25) is 5.91 Å². The lowest BCUT2D eigenvalue weighted by Crippen LogP contribution is -2.33. The van der Waals surface area contributed by atoms with Gasteiger partial charge in [-0.2, -0.15) is 0 Å². The molecule has 0 unspecified atom stereocenters. The molecule has 2 aromatic rings. The molecule has 1 heterocycles. The van der Waals surface area contributed by atoms with Gasteiger partial charge in [-0.05, 0) is 60.8 Å². The highest BCUT2D eigenvalue weighted by molar-refractivity contribution is 7.80. The first-order valence-corrected chi connectivity index (χ1v) is 7.74. The van der Waals surface area contributed by atoms with E-state index in [1.54, 1.807) is 17.4 Å². The first kappa shape index (κ1) is 15.4.